The predicted molar refractivity (Wildman–Crippen MR) is 105 cm³/mol. The Bertz CT molecular complexity index is 1160. The molecule has 0 aliphatic heterocycles. The molecule has 2 N–H and O–H groups in total. The molecule has 128 valence electrons. The van der Waals surface area contributed by atoms with Crippen molar-refractivity contribution in [3.8, 4) is 0 Å². The van der Waals surface area contributed by atoms with Crippen LogP contribution in [-0.2, 0) is 0 Å². The molecule has 0 spiro atoms. The van der Waals surface area contributed by atoms with Crippen LogP contribution in [0.3, 0.4) is 0 Å². The number of rotatable bonds is 3. The van der Waals surface area contributed by atoms with Crippen LogP contribution in [0.2, 0.25) is 0 Å². The molecule has 1 unspecified atom stereocenters. The number of nitrogens with one attached hydrogen (secondary N) is 2. The molecule has 3 aromatic heterocycles. The Morgan fingerprint density at radius 2 is 1.96 bits per heavy atom. The first-order valence-corrected chi connectivity index (χ1v) is 9.75. The fourth-order valence-corrected chi connectivity index (χ4v) is 4.76. The standard InChI is InChI=1S/C18H18N4OS2/c1-8-5-6-12-13(7-8)20-18(19-12)25-11(4)15-21-16(23)14-9(2)10(3)24-17(14)22-15/h5-7,11H,1-4H3,(H,19,20)(H,21,22,23). The highest BCUT2D eigenvalue weighted by molar-refractivity contribution is 7.99. The summed E-state index contributed by atoms with van der Waals surface area (Å²) >= 11 is 3.13. The summed E-state index contributed by atoms with van der Waals surface area (Å²) in [4.78, 5) is 30.0. The minimum Gasteiger partial charge on any atom is -0.333 e. The summed E-state index contributed by atoms with van der Waals surface area (Å²) in [6.07, 6.45) is 0. The van der Waals surface area contributed by atoms with Crippen molar-refractivity contribution in [3.05, 3.63) is 50.4 Å². The number of imidazole rings is 1. The van der Waals surface area contributed by atoms with Crippen molar-refractivity contribution in [2.24, 2.45) is 0 Å². The number of thioether (sulfide) groups is 1. The average molecular weight is 371 g/mol. The average Bonchev–Trinajstić information content (AvgIpc) is 3.07. The molecule has 4 aromatic rings. The van der Waals surface area contributed by atoms with Crippen LogP contribution < -0.4 is 5.56 Å². The summed E-state index contributed by atoms with van der Waals surface area (Å²) in [7, 11) is 0. The van der Waals surface area contributed by atoms with E-state index in [2.05, 4.69) is 39.0 Å². The molecule has 0 saturated carbocycles. The van der Waals surface area contributed by atoms with Crippen LogP contribution in [0.1, 0.15) is 34.0 Å². The molecule has 0 saturated heterocycles. The number of nitrogens with zero attached hydrogens (tertiary/aromatic N) is 2. The van der Waals surface area contributed by atoms with Gasteiger partial charge in [-0.15, -0.1) is 11.3 Å². The number of thiophene rings is 1. The van der Waals surface area contributed by atoms with Gasteiger partial charge in [0.2, 0.25) is 0 Å². The number of fused-ring (bicyclic) bond motifs is 2. The molecule has 1 aromatic carbocycles. The molecular formula is C18H18N4OS2. The van der Waals surface area contributed by atoms with Crippen LogP contribution in [0, 0.1) is 20.8 Å². The molecule has 0 bridgehead atoms. The van der Waals surface area contributed by atoms with E-state index in [-0.39, 0.29) is 10.8 Å². The lowest BCUT2D eigenvalue weighted by Gasteiger charge is -2.08. The molecule has 0 amide bonds. The van der Waals surface area contributed by atoms with Crippen molar-refractivity contribution in [1.29, 1.82) is 0 Å². The molecule has 0 aliphatic carbocycles. The van der Waals surface area contributed by atoms with E-state index in [0.29, 0.717) is 11.2 Å². The van der Waals surface area contributed by atoms with Gasteiger partial charge < -0.3 is 9.97 Å². The first kappa shape index (κ1) is 16.4. The monoisotopic (exact) mass is 370 g/mol. The largest absolute Gasteiger partial charge is 0.333 e. The maximum absolute atomic E-state index is 12.4. The van der Waals surface area contributed by atoms with E-state index >= 15 is 0 Å². The Morgan fingerprint density at radius 3 is 2.76 bits per heavy atom. The zero-order chi connectivity index (χ0) is 17.7. The Labute approximate surface area is 152 Å². The van der Waals surface area contributed by atoms with Gasteiger partial charge in [0.1, 0.15) is 10.7 Å². The van der Waals surface area contributed by atoms with Crippen molar-refractivity contribution in [2.75, 3.05) is 0 Å². The third-order valence-corrected chi connectivity index (χ3v) is 6.44. The number of hydrogen-bond donors (Lipinski definition) is 2. The Balaban J connectivity index is 1.69. The van der Waals surface area contributed by atoms with Crippen LogP contribution in [0.4, 0.5) is 0 Å². The highest BCUT2D eigenvalue weighted by atomic mass is 32.2. The highest BCUT2D eigenvalue weighted by Gasteiger charge is 2.17. The van der Waals surface area contributed by atoms with Gasteiger partial charge in [0.25, 0.3) is 5.56 Å². The minimum absolute atomic E-state index is 0.0125. The Kier molecular flexibility index (Phi) is 3.92. The normalized spacial score (nSPS) is 13.0. The lowest BCUT2D eigenvalue weighted by Crippen LogP contribution is -2.12. The van der Waals surface area contributed by atoms with Crippen molar-refractivity contribution < 1.29 is 0 Å². The number of aromatic amines is 2. The van der Waals surface area contributed by atoms with Crippen LogP contribution in [0.25, 0.3) is 21.3 Å². The van der Waals surface area contributed by atoms with E-state index in [1.165, 1.54) is 5.56 Å². The van der Waals surface area contributed by atoms with Crippen molar-refractivity contribution in [1.82, 2.24) is 19.9 Å². The number of H-pyrrole nitrogens is 2. The fraction of sp³-hybridized carbons (Fsp3) is 0.278. The van der Waals surface area contributed by atoms with Gasteiger partial charge >= 0.3 is 0 Å². The predicted octanol–water partition coefficient (Wildman–Crippen LogP) is 4.64. The van der Waals surface area contributed by atoms with Gasteiger partial charge in [0, 0.05) is 4.88 Å². The quantitative estimate of drug-likeness (QED) is 0.515. The van der Waals surface area contributed by atoms with Crippen LogP contribution in [0.15, 0.2) is 28.2 Å². The molecule has 4 rings (SSSR count). The van der Waals surface area contributed by atoms with Gasteiger partial charge in [0.15, 0.2) is 5.16 Å². The lowest BCUT2D eigenvalue weighted by molar-refractivity contribution is 0.916. The molecule has 0 aliphatic rings. The van der Waals surface area contributed by atoms with Gasteiger partial charge in [-0.3, -0.25) is 4.79 Å². The molecule has 1 atom stereocenters. The highest BCUT2D eigenvalue weighted by Crippen LogP contribution is 2.34. The molecule has 7 heteroatoms. The fourth-order valence-electron chi connectivity index (χ4n) is 2.84. The zero-order valence-electron chi connectivity index (χ0n) is 14.4. The van der Waals surface area contributed by atoms with E-state index in [1.54, 1.807) is 23.1 Å². The van der Waals surface area contributed by atoms with E-state index < -0.39 is 0 Å². The van der Waals surface area contributed by atoms with Gasteiger partial charge in [-0.2, -0.15) is 0 Å². The summed E-state index contributed by atoms with van der Waals surface area (Å²) in [6.45, 7) is 8.08. The SMILES string of the molecule is Cc1ccc2nc(SC(C)c3nc4sc(C)c(C)c4c(=O)[nH]3)[nH]c2c1. The van der Waals surface area contributed by atoms with Crippen LogP contribution in [-0.4, -0.2) is 19.9 Å². The third kappa shape index (κ3) is 2.87. The molecule has 3 heterocycles. The number of benzene rings is 1. The van der Waals surface area contributed by atoms with Crippen molar-refractivity contribution >= 4 is 44.3 Å². The smallest absolute Gasteiger partial charge is 0.259 e. The summed E-state index contributed by atoms with van der Waals surface area (Å²) in [5, 5.41) is 1.53. The maximum Gasteiger partial charge on any atom is 0.259 e. The van der Waals surface area contributed by atoms with Crippen molar-refractivity contribution in [3.63, 3.8) is 0 Å². The van der Waals surface area contributed by atoms with Gasteiger partial charge in [0.05, 0.1) is 21.7 Å². The summed E-state index contributed by atoms with van der Waals surface area (Å²) < 4.78 is 0. The van der Waals surface area contributed by atoms with Gasteiger partial charge in [-0.05, 0) is 51.0 Å². The molecule has 25 heavy (non-hydrogen) atoms. The van der Waals surface area contributed by atoms with Crippen LogP contribution >= 0.6 is 23.1 Å². The number of aryl methyl sites for hydroxylation is 3. The first-order valence-electron chi connectivity index (χ1n) is 8.05. The summed E-state index contributed by atoms with van der Waals surface area (Å²) in [6, 6.07) is 6.15. The summed E-state index contributed by atoms with van der Waals surface area (Å²) in [5.41, 5.74) is 4.13. The van der Waals surface area contributed by atoms with Gasteiger partial charge in [-0.25, -0.2) is 9.97 Å². The second-order valence-corrected chi connectivity index (χ2v) is 8.77. The molecule has 5 nitrogen and oxygen atoms in total. The number of aromatic nitrogens is 4. The second-order valence-electron chi connectivity index (χ2n) is 6.24. The van der Waals surface area contributed by atoms with Gasteiger partial charge in [-0.1, -0.05) is 17.8 Å². The minimum atomic E-state index is -0.0606. The first-order chi connectivity index (χ1) is 11.9. The van der Waals surface area contributed by atoms with E-state index in [0.717, 1.165) is 31.5 Å². The summed E-state index contributed by atoms with van der Waals surface area (Å²) in [5.74, 6) is 0.681. The Morgan fingerprint density at radius 1 is 1.16 bits per heavy atom. The lowest BCUT2D eigenvalue weighted by atomic mass is 10.2. The van der Waals surface area contributed by atoms with Crippen LogP contribution in [0.5, 0.6) is 0 Å². The topological polar surface area (TPSA) is 74.4 Å². The maximum atomic E-state index is 12.4. The van der Waals surface area contributed by atoms with E-state index in [4.69, 9.17) is 0 Å². The zero-order valence-corrected chi connectivity index (χ0v) is 16.1. The molecule has 0 radical (unpaired) electrons. The Hall–Kier alpha value is -2.12. The van der Waals surface area contributed by atoms with Crippen molar-refractivity contribution in [2.45, 2.75) is 38.1 Å². The van der Waals surface area contributed by atoms with E-state index in [1.807, 2.05) is 26.8 Å². The second kappa shape index (κ2) is 6.00. The third-order valence-electron chi connectivity index (χ3n) is 4.35. The van der Waals surface area contributed by atoms with E-state index in [9.17, 15) is 4.79 Å². The molecular weight excluding hydrogens is 352 g/mol. The number of hydrogen-bond acceptors (Lipinski definition) is 5. The molecule has 0 fully saturated rings.